The summed E-state index contributed by atoms with van der Waals surface area (Å²) in [4.78, 5) is 0. The molecule has 2 rings (SSSR count). The summed E-state index contributed by atoms with van der Waals surface area (Å²) in [5.74, 6) is 0. The van der Waals surface area contributed by atoms with Crippen LogP contribution in [0.3, 0.4) is 0 Å². The van der Waals surface area contributed by atoms with Gasteiger partial charge in [-0.05, 0) is 22.6 Å². The number of aliphatic hydroxyl groups excluding tert-OH is 1. The molecule has 1 unspecified atom stereocenters. The zero-order valence-corrected chi connectivity index (χ0v) is 14.1. The van der Waals surface area contributed by atoms with E-state index in [1.165, 1.54) is 16.9 Å². The van der Waals surface area contributed by atoms with Crippen LogP contribution in [-0.2, 0) is 11.8 Å². The maximum absolute atomic E-state index is 10.3. The number of benzene rings is 1. The predicted molar refractivity (Wildman–Crippen MR) is 88.1 cm³/mol. The molecule has 0 fully saturated rings. The predicted octanol–water partition coefficient (Wildman–Crippen LogP) is 5.63. The highest BCUT2D eigenvalue weighted by atomic mass is 35.5. The monoisotopic (exact) mass is 328 g/mol. The second kappa shape index (κ2) is 6.07. The van der Waals surface area contributed by atoms with Crippen LogP contribution in [0.5, 0.6) is 0 Å². The van der Waals surface area contributed by atoms with Gasteiger partial charge in [0, 0.05) is 12.0 Å². The van der Waals surface area contributed by atoms with E-state index < -0.39 is 6.10 Å². The molecule has 0 spiro atoms. The lowest BCUT2D eigenvalue weighted by Crippen LogP contribution is -2.11. The SMILES string of the molecule is CC(C)(C)c1ccc(CC(O)c2cc(Cl)sc2Cl)cc1. The normalized spacial score (nSPS) is 13.5. The minimum atomic E-state index is -0.619. The summed E-state index contributed by atoms with van der Waals surface area (Å²) in [7, 11) is 0. The molecule has 1 aromatic carbocycles. The Morgan fingerprint density at radius 1 is 1.15 bits per heavy atom. The highest BCUT2D eigenvalue weighted by Gasteiger charge is 2.17. The van der Waals surface area contributed by atoms with Crippen molar-refractivity contribution in [3.63, 3.8) is 0 Å². The van der Waals surface area contributed by atoms with Crippen molar-refractivity contribution in [2.75, 3.05) is 0 Å². The second-order valence-electron chi connectivity index (χ2n) is 5.95. The van der Waals surface area contributed by atoms with Crippen molar-refractivity contribution in [2.24, 2.45) is 0 Å². The van der Waals surface area contributed by atoms with Gasteiger partial charge >= 0.3 is 0 Å². The van der Waals surface area contributed by atoms with E-state index in [0.29, 0.717) is 20.7 Å². The minimum Gasteiger partial charge on any atom is -0.388 e. The maximum atomic E-state index is 10.3. The molecule has 0 aliphatic carbocycles. The summed E-state index contributed by atoms with van der Waals surface area (Å²) >= 11 is 13.3. The van der Waals surface area contributed by atoms with Crippen LogP contribution in [0.1, 0.15) is 43.6 Å². The van der Waals surface area contributed by atoms with E-state index >= 15 is 0 Å². The second-order valence-corrected chi connectivity index (χ2v) is 8.23. The molecular weight excluding hydrogens is 311 g/mol. The molecule has 0 bridgehead atoms. The van der Waals surface area contributed by atoms with Crippen LogP contribution in [0, 0.1) is 0 Å². The molecule has 2 aromatic rings. The quantitative estimate of drug-likeness (QED) is 0.774. The number of aliphatic hydroxyl groups is 1. The number of hydrogen-bond acceptors (Lipinski definition) is 2. The Balaban J connectivity index is 2.12. The lowest BCUT2D eigenvalue weighted by Gasteiger charge is -2.19. The summed E-state index contributed by atoms with van der Waals surface area (Å²) in [6.45, 7) is 6.55. The Morgan fingerprint density at radius 2 is 1.75 bits per heavy atom. The summed E-state index contributed by atoms with van der Waals surface area (Å²) in [6, 6.07) is 10.1. The molecule has 0 radical (unpaired) electrons. The average Bonchev–Trinajstić information content (AvgIpc) is 2.68. The molecule has 108 valence electrons. The van der Waals surface area contributed by atoms with E-state index in [1.807, 2.05) is 0 Å². The van der Waals surface area contributed by atoms with Gasteiger partial charge in [-0.1, -0.05) is 68.2 Å². The first-order chi connectivity index (χ1) is 9.27. The summed E-state index contributed by atoms with van der Waals surface area (Å²) in [6.07, 6.45) is -0.0799. The van der Waals surface area contributed by atoms with Gasteiger partial charge in [0.05, 0.1) is 10.4 Å². The fourth-order valence-corrected chi connectivity index (χ4v) is 3.62. The standard InChI is InChI=1S/C16H18Cl2OS/c1-16(2,3)11-6-4-10(5-7-11)8-13(19)12-9-14(17)20-15(12)18/h4-7,9,13,19H,8H2,1-3H3. The Hall–Kier alpha value is -0.540. The van der Waals surface area contributed by atoms with Crippen molar-refractivity contribution in [1.29, 1.82) is 0 Å². The van der Waals surface area contributed by atoms with Crippen molar-refractivity contribution < 1.29 is 5.11 Å². The molecule has 1 N–H and O–H groups in total. The van der Waals surface area contributed by atoms with Gasteiger partial charge in [-0.15, -0.1) is 11.3 Å². The van der Waals surface area contributed by atoms with Crippen LogP contribution in [-0.4, -0.2) is 5.11 Å². The molecule has 0 aliphatic heterocycles. The van der Waals surface area contributed by atoms with E-state index in [2.05, 4.69) is 45.0 Å². The largest absolute Gasteiger partial charge is 0.388 e. The molecule has 4 heteroatoms. The van der Waals surface area contributed by atoms with Gasteiger partial charge in [0.1, 0.15) is 4.34 Å². The van der Waals surface area contributed by atoms with Gasteiger partial charge in [-0.25, -0.2) is 0 Å². The van der Waals surface area contributed by atoms with Gasteiger partial charge < -0.3 is 5.11 Å². The smallest absolute Gasteiger partial charge is 0.100 e. The molecule has 1 aromatic heterocycles. The van der Waals surface area contributed by atoms with E-state index in [0.717, 1.165) is 5.56 Å². The number of rotatable bonds is 3. The van der Waals surface area contributed by atoms with Crippen molar-refractivity contribution in [2.45, 2.75) is 38.7 Å². The van der Waals surface area contributed by atoms with E-state index in [4.69, 9.17) is 23.2 Å². The Labute approximate surface area is 134 Å². The number of hydrogen-bond donors (Lipinski definition) is 1. The lowest BCUT2D eigenvalue weighted by atomic mass is 9.86. The summed E-state index contributed by atoms with van der Waals surface area (Å²) < 4.78 is 1.17. The third kappa shape index (κ3) is 3.76. The van der Waals surface area contributed by atoms with Gasteiger partial charge in [0.2, 0.25) is 0 Å². The van der Waals surface area contributed by atoms with Crippen LogP contribution in [0.2, 0.25) is 8.67 Å². The number of thiophene rings is 1. The van der Waals surface area contributed by atoms with Crippen LogP contribution in [0.15, 0.2) is 30.3 Å². The highest BCUT2D eigenvalue weighted by Crippen LogP contribution is 2.36. The zero-order valence-electron chi connectivity index (χ0n) is 11.8. The third-order valence-electron chi connectivity index (χ3n) is 3.29. The van der Waals surface area contributed by atoms with Gasteiger partial charge in [-0.2, -0.15) is 0 Å². The first-order valence-electron chi connectivity index (χ1n) is 6.49. The molecule has 1 atom stereocenters. The zero-order chi connectivity index (χ0) is 14.9. The first-order valence-corrected chi connectivity index (χ1v) is 8.07. The van der Waals surface area contributed by atoms with Crippen LogP contribution in [0.25, 0.3) is 0 Å². The van der Waals surface area contributed by atoms with Crippen molar-refractivity contribution in [3.8, 4) is 0 Å². The van der Waals surface area contributed by atoms with Crippen molar-refractivity contribution in [3.05, 3.63) is 55.7 Å². The summed E-state index contributed by atoms with van der Waals surface area (Å²) in [5, 5.41) is 10.3. The topological polar surface area (TPSA) is 20.2 Å². The Kier molecular flexibility index (Phi) is 4.80. The third-order valence-corrected chi connectivity index (χ3v) is 4.81. The molecule has 0 amide bonds. The van der Waals surface area contributed by atoms with Crippen LogP contribution >= 0.6 is 34.5 Å². The first kappa shape index (κ1) is 15.8. The average molecular weight is 329 g/mol. The van der Waals surface area contributed by atoms with Gasteiger partial charge in [0.25, 0.3) is 0 Å². The Morgan fingerprint density at radius 3 is 2.20 bits per heavy atom. The maximum Gasteiger partial charge on any atom is 0.100 e. The van der Waals surface area contributed by atoms with Gasteiger partial charge in [-0.3, -0.25) is 0 Å². The summed E-state index contributed by atoms with van der Waals surface area (Å²) in [5.41, 5.74) is 3.22. The van der Waals surface area contributed by atoms with E-state index in [1.54, 1.807) is 6.07 Å². The molecule has 20 heavy (non-hydrogen) atoms. The van der Waals surface area contributed by atoms with E-state index in [-0.39, 0.29) is 5.41 Å². The molecule has 0 saturated heterocycles. The van der Waals surface area contributed by atoms with Crippen molar-refractivity contribution >= 4 is 34.5 Å². The van der Waals surface area contributed by atoms with Gasteiger partial charge in [0.15, 0.2) is 0 Å². The fourth-order valence-electron chi connectivity index (χ4n) is 2.05. The van der Waals surface area contributed by atoms with E-state index in [9.17, 15) is 5.11 Å². The molecule has 0 aliphatic rings. The molecular formula is C16H18Cl2OS. The van der Waals surface area contributed by atoms with Crippen LogP contribution in [0.4, 0.5) is 0 Å². The molecule has 1 heterocycles. The van der Waals surface area contributed by atoms with Crippen LogP contribution < -0.4 is 0 Å². The lowest BCUT2D eigenvalue weighted by molar-refractivity contribution is 0.179. The minimum absolute atomic E-state index is 0.140. The molecule has 1 nitrogen and oxygen atoms in total. The molecule has 0 saturated carbocycles. The highest BCUT2D eigenvalue weighted by molar-refractivity contribution is 7.20. The Bertz CT molecular complexity index is 582. The van der Waals surface area contributed by atoms with Crippen molar-refractivity contribution in [1.82, 2.24) is 0 Å². The fraction of sp³-hybridized carbons (Fsp3) is 0.375. The number of halogens is 2.